The fourth-order valence-corrected chi connectivity index (χ4v) is 2.19. The molecule has 23 heavy (non-hydrogen) atoms. The standard InChI is InChI=1S/C17H20N2O4/c1-13-9-10-16(23-13)17(2,20)12-18-11-5-7-14-6-3-4-8-15(14)19(21)22/h3-10,18,20H,11-12H2,1-2H3/b7-5+. The largest absolute Gasteiger partial charge is 0.463 e. The fourth-order valence-electron chi connectivity index (χ4n) is 2.19. The van der Waals surface area contributed by atoms with Crippen molar-refractivity contribution in [3.63, 3.8) is 0 Å². The Labute approximate surface area is 134 Å². The van der Waals surface area contributed by atoms with Crippen LogP contribution in [0.2, 0.25) is 0 Å². The van der Waals surface area contributed by atoms with Gasteiger partial charge in [0.1, 0.15) is 17.1 Å². The highest BCUT2D eigenvalue weighted by Crippen LogP contribution is 2.22. The van der Waals surface area contributed by atoms with E-state index in [2.05, 4.69) is 5.32 Å². The smallest absolute Gasteiger partial charge is 0.276 e. The van der Waals surface area contributed by atoms with Gasteiger partial charge in [-0.05, 0) is 32.0 Å². The van der Waals surface area contributed by atoms with Gasteiger partial charge in [-0.3, -0.25) is 10.1 Å². The molecule has 1 unspecified atom stereocenters. The zero-order chi connectivity index (χ0) is 16.9. The van der Waals surface area contributed by atoms with E-state index in [9.17, 15) is 15.2 Å². The molecule has 0 aliphatic heterocycles. The number of aryl methyl sites for hydroxylation is 1. The molecule has 0 aliphatic rings. The van der Waals surface area contributed by atoms with Gasteiger partial charge in [-0.2, -0.15) is 0 Å². The minimum Gasteiger partial charge on any atom is -0.463 e. The summed E-state index contributed by atoms with van der Waals surface area (Å²) in [6.07, 6.45) is 3.47. The number of benzene rings is 1. The van der Waals surface area contributed by atoms with E-state index in [1.807, 2.05) is 6.92 Å². The molecule has 1 aromatic carbocycles. The van der Waals surface area contributed by atoms with Crippen LogP contribution in [-0.2, 0) is 5.60 Å². The van der Waals surface area contributed by atoms with Gasteiger partial charge in [0.05, 0.1) is 10.5 Å². The van der Waals surface area contributed by atoms with E-state index < -0.39 is 10.5 Å². The molecule has 1 heterocycles. The number of nitro benzene ring substituents is 1. The molecule has 6 nitrogen and oxygen atoms in total. The summed E-state index contributed by atoms with van der Waals surface area (Å²) < 4.78 is 5.43. The van der Waals surface area contributed by atoms with Crippen LogP contribution in [0.3, 0.4) is 0 Å². The van der Waals surface area contributed by atoms with Crippen LogP contribution < -0.4 is 5.32 Å². The van der Waals surface area contributed by atoms with Crippen molar-refractivity contribution in [1.82, 2.24) is 5.32 Å². The Morgan fingerprint density at radius 1 is 1.35 bits per heavy atom. The third kappa shape index (κ3) is 4.51. The Kier molecular flexibility index (Phi) is 5.31. The summed E-state index contributed by atoms with van der Waals surface area (Å²) in [5.41, 5.74) is -0.490. The van der Waals surface area contributed by atoms with Gasteiger partial charge in [-0.25, -0.2) is 0 Å². The maximum absolute atomic E-state index is 10.9. The molecule has 122 valence electrons. The summed E-state index contributed by atoms with van der Waals surface area (Å²) in [5, 5.41) is 24.4. The lowest BCUT2D eigenvalue weighted by Gasteiger charge is -2.20. The zero-order valence-corrected chi connectivity index (χ0v) is 13.2. The van der Waals surface area contributed by atoms with E-state index in [1.165, 1.54) is 6.07 Å². The third-order valence-corrected chi connectivity index (χ3v) is 3.43. The lowest BCUT2D eigenvalue weighted by Crippen LogP contribution is -2.35. The molecule has 0 amide bonds. The minimum absolute atomic E-state index is 0.0711. The third-order valence-electron chi connectivity index (χ3n) is 3.43. The summed E-state index contributed by atoms with van der Waals surface area (Å²) in [5.74, 6) is 1.25. The van der Waals surface area contributed by atoms with Gasteiger partial charge < -0.3 is 14.8 Å². The molecule has 2 aromatic rings. The minimum atomic E-state index is -1.11. The summed E-state index contributed by atoms with van der Waals surface area (Å²) in [6, 6.07) is 10.1. The molecular weight excluding hydrogens is 296 g/mol. The van der Waals surface area contributed by atoms with Crippen LogP contribution in [0.1, 0.15) is 24.0 Å². The van der Waals surface area contributed by atoms with Crippen molar-refractivity contribution in [2.75, 3.05) is 13.1 Å². The summed E-state index contributed by atoms with van der Waals surface area (Å²) in [7, 11) is 0. The number of para-hydroxylation sites is 1. The lowest BCUT2D eigenvalue weighted by atomic mass is 10.0. The second kappa shape index (κ2) is 7.21. The number of nitro groups is 1. The van der Waals surface area contributed by atoms with Crippen LogP contribution in [0.4, 0.5) is 5.69 Å². The van der Waals surface area contributed by atoms with Crippen LogP contribution in [0.5, 0.6) is 0 Å². The molecule has 0 spiro atoms. The molecule has 6 heteroatoms. The van der Waals surface area contributed by atoms with Crippen LogP contribution in [-0.4, -0.2) is 23.1 Å². The first-order valence-electron chi connectivity index (χ1n) is 7.30. The highest BCUT2D eigenvalue weighted by molar-refractivity contribution is 5.60. The van der Waals surface area contributed by atoms with Crippen molar-refractivity contribution in [3.8, 4) is 0 Å². The van der Waals surface area contributed by atoms with E-state index in [0.29, 0.717) is 24.4 Å². The molecule has 0 fully saturated rings. The monoisotopic (exact) mass is 316 g/mol. The predicted molar refractivity (Wildman–Crippen MR) is 88.0 cm³/mol. The van der Waals surface area contributed by atoms with E-state index in [4.69, 9.17) is 4.42 Å². The Morgan fingerprint density at radius 3 is 2.74 bits per heavy atom. The average molecular weight is 316 g/mol. The maximum Gasteiger partial charge on any atom is 0.276 e. The predicted octanol–water partition coefficient (Wildman–Crippen LogP) is 3.01. The van der Waals surface area contributed by atoms with Gasteiger partial charge in [-0.15, -0.1) is 0 Å². The highest BCUT2D eigenvalue weighted by Gasteiger charge is 2.25. The second-order valence-electron chi connectivity index (χ2n) is 5.53. The number of aliphatic hydroxyl groups is 1. The molecule has 0 aliphatic carbocycles. The first kappa shape index (κ1) is 16.9. The Morgan fingerprint density at radius 2 is 2.09 bits per heavy atom. The topological polar surface area (TPSA) is 88.5 Å². The number of furan rings is 1. The van der Waals surface area contributed by atoms with Crippen molar-refractivity contribution < 1.29 is 14.4 Å². The van der Waals surface area contributed by atoms with E-state index >= 15 is 0 Å². The number of hydrogen-bond acceptors (Lipinski definition) is 5. The molecule has 0 radical (unpaired) electrons. The van der Waals surface area contributed by atoms with Gasteiger partial charge in [0.25, 0.3) is 5.69 Å². The number of rotatable bonds is 7. The molecule has 0 saturated carbocycles. The molecule has 1 atom stereocenters. The molecule has 2 rings (SSSR count). The number of nitrogens with zero attached hydrogens (tertiary/aromatic N) is 1. The molecular formula is C17H20N2O4. The van der Waals surface area contributed by atoms with E-state index in [0.717, 1.165) is 5.76 Å². The quantitative estimate of drug-likeness (QED) is 0.466. The molecule has 0 saturated heterocycles. The van der Waals surface area contributed by atoms with Gasteiger partial charge in [0, 0.05) is 19.2 Å². The molecule has 0 bridgehead atoms. The van der Waals surface area contributed by atoms with Crippen molar-refractivity contribution >= 4 is 11.8 Å². The normalized spacial score (nSPS) is 14.0. The van der Waals surface area contributed by atoms with E-state index in [-0.39, 0.29) is 5.69 Å². The van der Waals surface area contributed by atoms with Gasteiger partial charge in [0.15, 0.2) is 0 Å². The number of nitrogens with one attached hydrogen (secondary N) is 1. The second-order valence-corrected chi connectivity index (χ2v) is 5.53. The summed E-state index contributed by atoms with van der Waals surface area (Å²) in [4.78, 5) is 10.5. The van der Waals surface area contributed by atoms with Crippen molar-refractivity contribution in [2.24, 2.45) is 0 Å². The average Bonchev–Trinajstić information content (AvgIpc) is 2.94. The lowest BCUT2D eigenvalue weighted by molar-refractivity contribution is -0.385. The van der Waals surface area contributed by atoms with Crippen LogP contribution in [0, 0.1) is 17.0 Å². The Hall–Kier alpha value is -2.44. The van der Waals surface area contributed by atoms with Crippen LogP contribution in [0.25, 0.3) is 6.08 Å². The first-order valence-corrected chi connectivity index (χ1v) is 7.30. The summed E-state index contributed by atoms with van der Waals surface area (Å²) in [6.45, 7) is 4.27. The molecule has 2 N–H and O–H groups in total. The van der Waals surface area contributed by atoms with Crippen LogP contribution in [0.15, 0.2) is 46.9 Å². The first-order chi connectivity index (χ1) is 10.9. The highest BCUT2D eigenvalue weighted by atomic mass is 16.6. The Bertz CT molecular complexity index is 704. The van der Waals surface area contributed by atoms with E-state index in [1.54, 1.807) is 49.4 Å². The van der Waals surface area contributed by atoms with Gasteiger partial charge >= 0.3 is 0 Å². The number of hydrogen-bond donors (Lipinski definition) is 2. The fraction of sp³-hybridized carbons (Fsp3) is 0.294. The van der Waals surface area contributed by atoms with Crippen molar-refractivity contribution in [3.05, 3.63) is 69.7 Å². The van der Waals surface area contributed by atoms with Crippen molar-refractivity contribution in [2.45, 2.75) is 19.4 Å². The zero-order valence-electron chi connectivity index (χ0n) is 13.2. The van der Waals surface area contributed by atoms with Crippen LogP contribution >= 0.6 is 0 Å². The maximum atomic E-state index is 10.9. The Balaban J connectivity index is 1.89. The molecule has 1 aromatic heterocycles. The summed E-state index contributed by atoms with van der Waals surface area (Å²) >= 11 is 0. The van der Waals surface area contributed by atoms with Gasteiger partial charge in [-0.1, -0.05) is 24.3 Å². The van der Waals surface area contributed by atoms with Crippen molar-refractivity contribution in [1.29, 1.82) is 0 Å². The van der Waals surface area contributed by atoms with Gasteiger partial charge in [0.2, 0.25) is 0 Å². The SMILES string of the molecule is Cc1ccc(C(C)(O)CNC/C=C/c2ccccc2[N+](=O)[O-])o1.